The zero-order chi connectivity index (χ0) is 6.95. The minimum absolute atomic E-state index is 0.813. The van der Waals surface area contributed by atoms with Crippen LogP contribution in [0.5, 0.6) is 0 Å². The molecule has 0 atom stereocenters. The summed E-state index contributed by atoms with van der Waals surface area (Å²) in [6, 6.07) is 0. The largest absolute Gasteiger partial charge is 0.127 e. The fourth-order valence-electron chi connectivity index (χ4n) is 0.727. The summed E-state index contributed by atoms with van der Waals surface area (Å²) in [4.78, 5) is 0. The zero-order valence-electron chi connectivity index (χ0n) is 5.74. The van der Waals surface area contributed by atoms with Gasteiger partial charge < -0.3 is 0 Å². The van der Waals surface area contributed by atoms with Crippen molar-refractivity contribution >= 4 is 24.2 Å². The first-order chi connectivity index (χ1) is 4.41. The van der Waals surface area contributed by atoms with Gasteiger partial charge in [-0.1, -0.05) is 31.9 Å². The average molecular weight is 166 g/mol. The van der Waals surface area contributed by atoms with Gasteiger partial charge in [0.1, 0.15) is 0 Å². The van der Waals surface area contributed by atoms with Crippen LogP contribution in [-0.2, 0) is 0 Å². The smallest absolute Gasteiger partial charge is 0.0223 e. The van der Waals surface area contributed by atoms with E-state index < -0.39 is 0 Å². The highest BCUT2D eigenvalue weighted by atomic mass is 35.5. The Balaban J connectivity index is 2.60. The number of alkyl halides is 1. The number of unbranched alkanes of at least 4 members (excludes halogenated alkanes) is 4. The van der Waals surface area contributed by atoms with Crippen LogP contribution in [0.15, 0.2) is 0 Å². The van der Waals surface area contributed by atoms with Crippen LogP contribution in [0.4, 0.5) is 0 Å². The van der Waals surface area contributed by atoms with Crippen molar-refractivity contribution in [2.75, 3.05) is 11.6 Å². The molecule has 0 rings (SSSR count). The highest BCUT2D eigenvalue weighted by molar-refractivity contribution is 7.80. The van der Waals surface area contributed by atoms with Gasteiger partial charge in [-0.3, -0.25) is 0 Å². The van der Waals surface area contributed by atoms with Crippen LogP contribution >= 0.6 is 24.2 Å². The predicted octanol–water partition coefficient (Wildman–Crippen LogP) is 3.37. The molecule has 0 saturated heterocycles. The molecule has 1 radical (unpaired) electrons. The summed E-state index contributed by atoms with van der Waals surface area (Å²) in [5, 5.41) is 0. The molecule has 0 N–H and O–H groups in total. The quantitative estimate of drug-likeness (QED) is 0.418. The normalized spacial score (nSPS) is 10.0. The second-order valence-electron chi connectivity index (χ2n) is 2.16. The van der Waals surface area contributed by atoms with E-state index in [1.165, 1.54) is 32.1 Å². The van der Waals surface area contributed by atoms with Crippen LogP contribution in [0.2, 0.25) is 0 Å². The van der Waals surface area contributed by atoms with E-state index in [1.807, 2.05) is 0 Å². The SMILES string of the molecule is [S]CCCCCCCCl. The molecule has 0 nitrogen and oxygen atoms in total. The van der Waals surface area contributed by atoms with Gasteiger partial charge in [-0.15, -0.1) is 11.6 Å². The number of rotatable bonds is 6. The number of halogens is 1. The fourth-order valence-corrected chi connectivity index (χ4v) is 1.12. The van der Waals surface area contributed by atoms with E-state index in [0.717, 1.165) is 11.6 Å². The molecule has 0 unspecified atom stereocenters. The molecule has 0 aliphatic heterocycles. The van der Waals surface area contributed by atoms with Crippen molar-refractivity contribution in [2.24, 2.45) is 0 Å². The summed E-state index contributed by atoms with van der Waals surface area (Å²) < 4.78 is 0. The third-order valence-corrected chi connectivity index (χ3v) is 1.83. The third kappa shape index (κ3) is 8.64. The Bertz CT molecular complexity index is 42.2. The maximum atomic E-state index is 5.49. The summed E-state index contributed by atoms with van der Waals surface area (Å²) in [7, 11) is 0. The molecule has 0 saturated carbocycles. The Morgan fingerprint density at radius 1 is 0.889 bits per heavy atom. The third-order valence-electron chi connectivity index (χ3n) is 1.28. The summed E-state index contributed by atoms with van der Waals surface area (Å²) in [5.41, 5.74) is 0. The molecule has 55 valence electrons. The van der Waals surface area contributed by atoms with Gasteiger partial charge in [0.05, 0.1) is 0 Å². The number of hydrogen-bond donors (Lipinski definition) is 0. The van der Waals surface area contributed by atoms with E-state index >= 15 is 0 Å². The molecular formula is C7H14ClS. The molecule has 0 amide bonds. The summed E-state index contributed by atoms with van der Waals surface area (Å²) in [6.07, 6.45) is 6.25. The van der Waals surface area contributed by atoms with Gasteiger partial charge in [-0.25, -0.2) is 0 Å². The lowest BCUT2D eigenvalue weighted by Gasteiger charge is -1.94. The van der Waals surface area contributed by atoms with Gasteiger partial charge in [-0.2, -0.15) is 0 Å². The van der Waals surface area contributed by atoms with Crippen LogP contribution in [-0.4, -0.2) is 11.6 Å². The lowest BCUT2D eigenvalue weighted by Crippen LogP contribution is -1.80. The van der Waals surface area contributed by atoms with Crippen molar-refractivity contribution in [1.82, 2.24) is 0 Å². The van der Waals surface area contributed by atoms with Gasteiger partial charge in [0.15, 0.2) is 0 Å². The van der Waals surface area contributed by atoms with Crippen molar-refractivity contribution in [2.45, 2.75) is 32.1 Å². The van der Waals surface area contributed by atoms with Crippen LogP contribution in [0.1, 0.15) is 32.1 Å². The molecule has 0 aliphatic rings. The van der Waals surface area contributed by atoms with Crippen molar-refractivity contribution in [1.29, 1.82) is 0 Å². The molecule has 0 aromatic rings. The van der Waals surface area contributed by atoms with Crippen molar-refractivity contribution in [3.05, 3.63) is 0 Å². The Kier molecular flexibility index (Phi) is 9.25. The first kappa shape index (κ1) is 9.64. The number of hydrogen-bond acceptors (Lipinski definition) is 0. The lowest BCUT2D eigenvalue weighted by atomic mass is 10.2. The van der Waals surface area contributed by atoms with Gasteiger partial charge in [-0.05, 0) is 12.8 Å². The summed E-state index contributed by atoms with van der Waals surface area (Å²) in [5.74, 6) is 1.73. The Labute approximate surface area is 68.4 Å². The van der Waals surface area contributed by atoms with Gasteiger partial charge >= 0.3 is 0 Å². The molecule has 0 bridgehead atoms. The first-order valence-corrected chi connectivity index (χ1v) is 4.67. The molecule has 0 aromatic carbocycles. The highest BCUT2D eigenvalue weighted by Crippen LogP contribution is 2.03. The molecule has 0 aromatic heterocycles. The first-order valence-electron chi connectivity index (χ1n) is 3.56. The van der Waals surface area contributed by atoms with Crippen molar-refractivity contribution in [3.8, 4) is 0 Å². The van der Waals surface area contributed by atoms with Crippen LogP contribution in [0, 0.1) is 0 Å². The van der Waals surface area contributed by atoms with E-state index in [2.05, 4.69) is 0 Å². The Hall–Kier alpha value is 0.640. The van der Waals surface area contributed by atoms with E-state index in [1.54, 1.807) is 0 Å². The summed E-state index contributed by atoms with van der Waals surface area (Å²) >= 11 is 10.3. The predicted molar refractivity (Wildman–Crippen MR) is 46.3 cm³/mol. The molecule has 0 heterocycles. The zero-order valence-corrected chi connectivity index (χ0v) is 7.31. The second kappa shape index (κ2) is 8.64. The van der Waals surface area contributed by atoms with E-state index in [4.69, 9.17) is 24.2 Å². The van der Waals surface area contributed by atoms with Gasteiger partial charge in [0, 0.05) is 11.6 Å². The average Bonchev–Trinajstić information content (AvgIpc) is 1.89. The monoisotopic (exact) mass is 165 g/mol. The van der Waals surface area contributed by atoms with E-state index in [0.29, 0.717) is 0 Å². The Morgan fingerprint density at radius 2 is 1.44 bits per heavy atom. The van der Waals surface area contributed by atoms with E-state index in [9.17, 15) is 0 Å². The topological polar surface area (TPSA) is 0 Å². The van der Waals surface area contributed by atoms with E-state index in [-0.39, 0.29) is 0 Å². The standard InChI is InChI=1S/C7H14ClS/c8-6-4-2-1-3-5-7-9/h1-7H2. The van der Waals surface area contributed by atoms with Gasteiger partial charge in [0.2, 0.25) is 0 Å². The molecular weight excluding hydrogens is 152 g/mol. The maximum absolute atomic E-state index is 5.49. The summed E-state index contributed by atoms with van der Waals surface area (Å²) in [6.45, 7) is 0. The van der Waals surface area contributed by atoms with Crippen molar-refractivity contribution < 1.29 is 0 Å². The molecule has 0 aliphatic carbocycles. The second-order valence-corrected chi connectivity index (χ2v) is 2.95. The van der Waals surface area contributed by atoms with Crippen LogP contribution < -0.4 is 0 Å². The van der Waals surface area contributed by atoms with Crippen LogP contribution in [0.25, 0.3) is 0 Å². The molecule has 2 heteroatoms. The van der Waals surface area contributed by atoms with Gasteiger partial charge in [0.25, 0.3) is 0 Å². The van der Waals surface area contributed by atoms with Crippen LogP contribution in [0.3, 0.4) is 0 Å². The minimum Gasteiger partial charge on any atom is -0.127 e. The molecule has 9 heavy (non-hydrogen) atoms. The lowest BCUT2D eigenvalue weighted by molar-refractivity contribution is 0.662. The Morgan fingerprint density at radius 3 is 2.00 bits per heavy atom. The maximum Gasteiger partial charge on any atom is 0.0223 e. The minimum atomic E-state index is 0.813. The van der Waals surface area contributed by atoms with Crippen molar-refractivity contribution in [3.63, 3.8) is 0 Å². The fraction of sp³-hybridized carbons (Fsp3) is 1.00. The molecule has 0 fully saturated rings. The highest BCUT2D eigenvalue weighted by Gasteiger charge is 1.86. The molecule has 0 spiro atoms.